The Labute approximate surface area is 119 Å². The molecule has 1 aromatic carbocycles. The maximum absolute atomic E-state index is 6.40. The molecule has 2 unspecified atom stereocenters. The van der Waals surface area contributed by atoms with Crippen LogP contribution in [0.5, 0.6) is 0 Å². The van der Waals surface area contributed by atoms with Crippen LogP contribution in [0.25, 0.3) is 11.0 Å². The number of hydrogen-bond donors (Lipinski definition) is 1. The fraction of sp³-hybridized carbons (Fsp3) is 0.533. The molecule has 0 amide bonds. The van der Waals surface area contributed by atoms with Gasteiger partial charge in [0, 0.05) is 19.0 Å². The summed E-state index contributed by atoms with van der Waals surface area (Å²) in [5.74, 6) is 1.51. The number of fused-ring (bicyclic) bond motifs is 1. The van der Waals surface area contributed by atoms with Crippen LogP contribution >= 0.6 is 11.6 Å². The molecule has 1 N–H and O–H groups in total. The Balaban J connectivity index is 1.73. The van der Waals surface area contributed by atoms with Gasteiger partial charge in [-0.05, 0) is 30.9 Å². The number of aromatic nitrogens is 2. The second kappa shape index (κ2) is 5.41. The summed E-state index contributed by atoms with van der Waals surface area (Å²) in [6.45, 7) is 0.922. The van der Waals surface area contributed by atoms with Crippen LogP contribution in [-0.4, -0.2) is 21.5 Å². The summed E-state index contributed by atoms with van der Waals surface area (Å²) in [4.78, 5) is 4.63. The minimum Gasteiger partial charge on any atom is -0.355 e. The summed E-state index contributed by atoms with van der Waals surface area (Å²) < 4.78 is 2.11. The number of rotatable bonds is 3. The smallest absolute Gasteiger partial charge is 0.203 e. The Kier molecular flexibility index (Phi) is 3.65. The topological polar surface area (TPSA) is 29.9 Å². The van der Waals surface area contributed by atoms with E-state index in [1.54, 1.807) is 0 Å². The number of para-hydroxylation sites is 2. The first kappa shape index (κ1) is 12.8. The lowest BCUT2D eigenvalue weighted by atomic mass is 9.89. The molecule has 2 atom stereocenters. The third-order valence-corrected chi connectivity index (χ3v) is 4.70. The van der Waals surface area contributed by atoms with Crippen molar-refractivity contribution in [3.8, 4) is 0 Å². The molecular formula is C15H20ClN3. The highest BCUT2D eigenvalue weighted by Gasteiger charge is 2.23. The summed E-state index contributed by atoms with van der Waals surface area (Å²) in [5.41, 5.74) is 2.20. The van der Waals surface area contributed by atoms with Crippen LogP contribution in [0.15, 0.2) is 24.3 Å². The number of imidazole rings is 1. The largest absolute Gasteiger partial charge is 0.355 e. The molecule has 19 heavy (non-hydrogen) atoms. The zero-order chi connectivity index (χ0) is 13.2. The number of nitrogens with one attached hydrogen (secondary N) is 1. The second-order valence-corrected chi connectivity index (χ2v) is 5.99. The van der Waals surface area contributed by atoms with Crippen LogP contribution in [0.2, 0.25) is 0 Å². The molecule has 1 aliphatic carbocycles. The predicted octanol–water partition coefficient (Wildman–Crippen LogP) is 3.78. The van der Waals surface area contributed by atoms with Crippen molar-refractivity contribution < 1.29 is 0 Å². The summed E-state index contributed by atoms with van der Waals surface area (Å²) in [7, 11) is 2.05. The lowest BCUT2D eigenvalue weighted by molar-refractivity contribution is 0.380. The van der Waals surface area contributed by atoms with Gasteiger partial charge < -0.3 is 9.88 Å². The molecule has 0 bridgehead atoms. The van der Waals surface area contributed by atoms with E-state index in [2.05, 4.69) is 28.0 Å². The van der Waals surface area contributed by atoms with E-state index in [1.165, 1.54) is 19.3 Å². The van der Waals surface area contributed by atoms with E-state index in [9.17, 15) is 0 Å². The van der Waals surface area contributed by atoms with Crippen molar-refractivity contribution >= 4 is 28.6 Å². The van der Waals surface area contributed by atoms with E-state index in [-0.39, 0.29) is 0 Å². The Morgan fingerprint density at radius 3 is 2.89 bits per heavy atom. The number of alkyl halides is 1. The van der Waals surface area contributed by atoms with Crippen LogP contribution in [-0.2, 0) is 7.05 Å². The number of anilines is 1. The van der Waals surface area contributed by atoms with Crippen molar-refractivity contribution in [2.75, 3.05) is 11.9 Å². The average Bonchev–Trinajstić information content (AvgIpc) is 2.75. The quantitative estimate of drug-likeness (QED) is 0.865. The lowest BCUT2D eigenvalue weighted by Gasteiger charge is -2.27. The monoisotopic (exact) mass is 277 g/mol. The van der Waals surface area contributed by atoms with E-state index in [0.717, 1.165) is 29.9 Å². The van der Waals surface area contributed by atoms with Crippen molar-refractivity contribution in [1.82, 2.24) is 9.55 Å². The van der Waals surface area contributed by atoms with Gasteiger partial charge in [0.05, 0.1) is 11.0 Å². The van der Waals surface area contributed by atoms with Gasteiger partial charge in [-0.1, -0.05) is 25.0 Å². The maximum Gasteiger partial charge on any atom is 0.203 e. The van der Waals surface area contributed by atoms with Gasteiger partial charge in [0.1, 0.15) is 0 Å². The molecule has 1 aliphatic rings. The number of nitrogens with zero attached hydrogens (tertiary/aromatic N) is 2. The van der Waals surface area contributed by atoms with Crippen LogP contribution in [0.4, 0.5) is 5.95 Å². The Bertz CT molecular complexity index is 564. The first-order valence-electron chi connectivity index (χ1n) is 7.05. The van der Waals surface area contributed by atoms with Crippen molar-refractivity contribution in [2.45, 2.75) is 31.1 Å². The first-order valence-corrected chi connectivity index (χ1v) is 7.49. The van der Waals surface area contributed by atoms with Gasteiger partial charge >= 0.3 is 0 Å². The van der Waals surface area contributed by atoms with E-state index in [0.29, 0.717) is 11.3 Å². The number of benzene rings is 1. The van der Waals surface area contributed by atoms with Crippen molar-refractivity contribution in [1.29, 1.82) is 0 Å². The maximum atomic E-state index is 6.40. The highest BCUT2D eigenvalue weighted by molar-refractivity contribution is 6.20. The molecule has 4 heteroatoms. The van der Waals surface area contributed by atoms with Gasteiger partial charge in [-0.25, -0.2) is 4.98 Å². The fourth-order valence-corrected chi connectivity index (χ4v) is 3.29. The Morgan fingerprint density at radius 2 is 2.11 bits per heavy atom. The molecule has 1 aromatic heterocycles. The normalized spacial score (nSPS) is 23.7. The molecule has 3 nitrogen and oxygen atoms in total. The zero-order valence-corrected chi connectivity index (χ0v) is 12.0. The predicted molar refractivity (Wildman–Crippen MR) is 80.8 cm³/mol. The first-order chi connectivity index (χ1) is 9.25. The molecule has 1 heterocycles. The lowest BCUT2D eigenvalue weighted by Crippen LogP contribution is -2.27. The zero-order valence-electron chi connectivity index (χ0n) is 11.3. The minimum absolute atomic E-state index is 0.316. The highest BCUT2D eigenvalue weighted by Crippen LogP contribution is 2.29. The molecule has 1 saturated carbocycles. The Morgan fingerprint density at radius 1 is 1.32 bits per heavy atom. The summed E-state index contributed by atoms with van der Waals surface area (Å²) in [5, 5.41) is 3.79. The molecular weight excluding hydrogens is 258 g/mol. The second-order valence-electron chi connectivity index (χ2n) is 5.42. The molecule has 0 saturated heterocycles. The molecule has 0 radical (unpaired) electrons. The fourth-order valence-electron chi connectivity index (χ4n) is 2.92. The number of aryl methyl sites for hydroxylation is 1. The molecule has 0 spiro atoms. The van der Waals surface area contributed by atoms with E-state index >= 15 is 0 Å². The van der Waals surface area contributed by atoms with E-state index in [1.807, 2.05) is 18.2 Å². The number of hydrogen-bond acceptors (Lipinski definition) is 2. The number of halogens is 1. The van der Waals surface area contributed by atoms with Crippen LogP contribution in [0.1, 0.15) is 25.7 Å². The van der Waals surface area contributed by atoms with E-state index in [4.69, 9.17) is 11.6 Å². The highest BCUT2D eigenvalue weighted by atomic mass is 35.5. The van der Waals surface area contributed by atoms with Crippen molar-refractivity contribution in [3.05, 3.63) is 24.3 Å². The molecule has 102 valence electrons. The van der Waals surface area contributed by atoms with Gasteiger partial charge in [-0.15, -0.1) is 11.6 Å². The molecule has 0 aliphatic heterocycles. The molecule has 1 fully saturated rings. The van der Waals surface area contributed by atoms with Crippen LogP contribution in [0.3, 0.4) is 0 Å². The van der Waals surface area contributed by atoms with E-state index < -0.39 is 0 Å². The van der Waals surface area contributed by atoms with Gasteiger partial charge in [0.15, 0.2) is 0 Å². The summed E-state index contributed by atoms with van der Waals surface area (Å²) >= 11 is 6.40. The molecule has 2 aromatic rings. The Hall–Kier alpha value is -1.22. The van der Waals surface area contributed by atoms with Crippen LogP contribution < -0.4 is 5.32 Å². The van der Waals surface area contributed by atoms with Crippen molar-refractivity contribution in [2.24, 2.45) is 13.0 Å². The van der Waals surface area contributed by atoms with Gasteiger partial charge in [0.25, 0.3) is 0 Å². The SMILES string of the molecule is Cn1c(NCC2CCCCC2Cl)nc2ccccc21. The van der Waals surface area contributed by atoms with Gasteiger partial charge in [-0.3, -0.25) is 0 Å². The third-order valence-electron chi connectivity index (χ3n) is 4.13. The standard InChI is InChI=1S/C15H20ClN3/c1-19-14-9-5-4-8-13(14)18-15(19)17-10-11-6-2-3-7-12(11)16/h4-5,8-9,11-12H,2-3,6-7,10H2,1H3,(H,17,18). The average molecular weight is 278 g/mol. The summed E-state index contributed by atoms with van der Waals surface area (Å²) in [6, 6.07) is 8.21. The third kappa shape index (κ3) is 2.57. The van der Waals surface area contributed by atoms with Crippen molar-refractivity contribution in [3.63, 3.8) is 0 Å². The molecule has 3 rings (SSSR count). The summed E-state index contributed by atoms with van der Waals surface area (Å²) in [6.07, 6.45) is 4.95. The van der Waals surface area contributed by atoms with Gasteiger partial charge in [0.2, 0.25) is 5.95 Å². The minimum atomic E-state index is 0.316. The van der Waals surface area contributed by atoms with Crippen LogP contribution in [0, 0.1) is 5.92 Å². The van der Waals surface area contributed by atoms with Gasteiger partial charge in [-0.2, -0.15) is 0 Å².